The second-order valence-corrected chi connectivity index (χ2v) is 6.12. The highest BCUT2D eigenvalue weighted by molar-refractivity contribution is 5.80. The summed E-state index contributed by atoms with van der Waals surface area (Å²) in [6, 6.07) is 7.56. The molecule has 0 unspecified atom stereocenters. The third-order valence-corrected chi connectivity index (χ3v) is 4.47. The molecule has 24 heavy (non-hydrogen) atoms. The van der Waals surface area contributed by atoms with Gasteiger partial charge in [-0.15, -0.1) is 6.58 Å². The maximum Gasteiger partial charge on any atom is 0.142 e. The van der Waals surface area contributed by atoms with Crippen LogP contribution in [0.5, 0.6) is 5.75 Å². The van der Waals surface area contributed by atoms with Gasteiger partial charge in [0.2, 0.25) is 0 Å². The highest BCUT2D eigenvalue weighted by atomic mass is 16.3. The largest absolute Gasteiger partial charge is 0.508 e. The number of hydrogen-bond acceptors (Lipinski definition) is 5. The average molecular weight is 320 g/mol. The number of nitrogens with zero attached hydrogens (tertiary/aromatic N) is 2. The van der Waals surface area contributed by atoms with Crippen molar-refractivity contribution < 1.29 is 5.11 Å². The molecule has 5 heteroatoms. The third kappa shape index (κ3) is 2.72. The number of benzene rings is 1. The lowest BCUT2D eigenvalue weighted by molar-refractivity contribution is 0.470. The van der Waals surface area contributed by atoms with Gasteiger partial charge in [-0.3, -0.25) is 0 Å². The molecule has 1 aliphatic rings. The smallest absolute Gasteiger partial charge is 0.142 e. The van der Waals surface area contributed by atoms with Crippen molar-refractivity contribution in [3.05, 3.63) is 53.2 Å². The molecule has 0 spiro atoms. The molecule has 0 aliphatic heterocycles. The molecule has 1 heterocycles. The number of pyridine rings is 1. The van der Waals surface area contributed by atoms with Crippen molar-refractivity contribution in [3.8, 4) is 22.9 Å². The number of hydrogen-bond donors (Lipinski definition) is 3. The molecule has 122 valence electrons. The lowest BCUT2D eigenvalue weighted by Crippen LogP contribution is -2.29. The number of phenolic OH excluding ortho intramolecular Hbond substituents is 1. The van der Waals surface area contributed by atoms with Gasteiger partial charge in [0.25, 0.3) is 0 Å². The van der Waals surface area contributed by atoms with Crippen LogP contribution in [0.4, 0.5) is 5.82 Å². The van der Waals surface area contributed by atoms with E-state index in [1.54, 1.807) is 18.2 Å². The Balaban J connectivity index is 2.27. The zero-order valence-corrected chi connectivity index (χ0v) is 13.4. The van der Waals surface area contributed by atoms with Crippen LogP contribution < -0.4 is 11.5 Å². The first-order valence-corrected chi connectivity index (χ1v) is 7.95. The van der Waals surface area contributed by atoms with Crippen LogP contribution in [-0.4, -0.2) is 16.1 Å². The number of aromatic nitrogens is 1. The zero-order valence-electron chi connectivity index (χ0n) is 13.4. The number of phenols is 1. The minimum Gasteiger partial charge on any atom is -0.508 e. The van der Waals surface area contributed by atoms with E-state index in [1.807, 2.05) is 6.07 Å². The van der Waals surface area contributed by atoms with Crippen molar-refractivity contribution in [1.82, 2.24) is 4.98 Å². The Kier molecular flexibility index (Phi) is 4.24. The predicted octanol–water partition coefficient (Wildman–Crippen LogP) is 2.45. The molecule has 0 amide bonds. The lowest BCUT2D eigenvalue weighted by Gasteiger charge is -2.25. The van der Waals surface area contributed by atoms with Gasteiger partial charge in [-0.2, -0.15) is 5.26 Å². The van der Waals surface area contributed by atoms with E-state index in [9.17, 15) is 10.4 Å². The third-order valence-electron chi connectivity index (χ3n) is 4.47. The van der Waals surface area contributed by atoms with Crippen LogP contribution in [0.25, 0.3) is 11.1 Å². The van der Waals surface area contributed by atoms with Gasteiger partial charge in [0.1, 0.15) is 23.2 Å². The summed E-state index contributed by atoms with van der Waals surface area (Å²) in [4.78, 5) is 4.42. The number of anilines is 1. The van der Waals surface area contributed by atoms with Crippen molar-refractivity contribution in [2.45, 2.75) is 31.7 Å². The van der Waals surface area contributed by atoms with E-state index in [0.717, 1.165) is 40.8 Å². The minimum atomic E-state index is 0.0537. The van der Waals surface area contributed by atoms with Crippen molar-refractivity contribution in [2.24, 2.45) is 5.73 Å². The number of nitriles is 1. The van der Waals surface area contributed by atoms with Gasteiger partial charge >= 0.3 is 0 Å². The van der Waals surface area contributed by atoms with Gasteiger partial charge in [-0.1, -0.05) is 12.1 Å². The highest BCUT2D eigenvalue weighted by Gasteiger charge is 2.25. The van der Waals surface area contributed by atoms with E-state index in [2.05, 4.69) is 17.6 Å². The van der Waals surface area contributed by atoms with Crippen molar-refractivity contribution in [3.63, 3.8) is 0 Å². The highest BCUT2D eigenvalue weighted by Crippen LogP contribution is 2.37. The molecule has 1 atom stereocenters. The van der Waals surface area contributed by atoms with Crippen LogP contribution in [0, 0.1) is 11.3 Å². The first-order valence-electron chi connectivity index (χ1n) is 7.95. The quantitative estimate of drug-likeness (QED) is 0.753. The minimum absolute atomic E-state index is 0.0537. The van der Waals surface area contributed by atoms with Gasteiger partial charge in [-0.25, -0.2) is 4.98 Å². The van der Waals surface area contributed by atoms with Crippen molar-refractivity contribution in [2.75, 3.05) is 5.73 Å². The molecule has 5 N–H and O–H groups in total. The van der Waals surface area contributed by atoms with Gasteiger partial charge in [0.15, 0.2) is 0 Å². The number of nitrogens with two attached hydrogens (primary N) is 2. The van der Waals surface area contributed by atoms with Crippen molar-refractivity contribution in [1.29, 1.82) is 5.26 Å². The lowest BCUT2D eigenvalue weighted by atomic mass is 9.84. The summed E-state index contributed by atoms with van der Waals surface area (Å²) in [5.74, 6) is 0.463. The van der Waals surface area contributed by atoms with E-state index in [1.165, 1.54) is 0 Å². The Morgan fingerprint density at radius 2 is 2.25 bits per heavy atom. The van der Waals surface area contributed by atoms with E-state index < -0.39 is 0 Å². The number of allylic oxidation sites excluding steroid dienone is 1. The zero-order chi connectivity index (χ0) is 17.3. The summed E-state index contributed by atoms with van der Waals surface area (Å²) in [5.41, 5.74) is 16.8. The summed E-state index contributed by atoms with van der Waals surface area (Å²) in [6.07, 6.45) is 4.57. The molecule has 1 aromatic carbocycles. The number of aryl methyl sites for hydroxylation is 1. The monoisotopic (exact) mass is 320 g/mol. The topological polar surface area (TPSA) is 109 Å². The van der Waals surface area contributed by atoms with Crippen LogP contribution in [0.1, 0.15) is 28.8 Å². The van der Waals surface area contributed by atoms with Gasteiger partial charge < -0.3 is 16.6 Å². The average Bonchev–Trinajstić information content (AvgIpc) is 2.56. The fraction of sp³-hybridized carbons (Fsp3) is 0.263. The first-order chi connectivity index (χ1) is 11.5. The number of rotatable bonds is 3. The van der Waals surface area contributed by atoms with Crippen LogP contribution in [0.15, 0.2) is 30.9 Å². The number of nitrogen functional groups attached to an aromatic ring is 1. The summed E-state index contributed by atoms with van der Waals surface area (Å²) in [5, 5.41) is 19.6. The molecular formula is C19H20N4O. The molecule has 5 nitrogen and oxygen atoms in total. The standard InChI is InChI=1S/C19H20N4O/c1-2-3-11-8-12(4-7-17(11)24)18-14-9-13(21)5-6-16(14)23-19(22)15(18)10-20/h2,4,7-8,13,24H,1,3,5-6,9,21H2,(H2,22,23)/t13-/m0/s1. The molecule has 1 aromatic heterocycles. The molecule has 0 bridgehead atoms. The molecule has 3 rings (SSSR count). The molecule has 0 saturated carbocycles. The fourth-order valence-corrected chi connectivity index (χ4v) is 3.30. The molecular weight excluding hydrogens is 300 g/mol. The van der Waals surface area contributed by atoms with E-state index in [4.69, 9.17) is 11.5 Å². The molecule has 2 aromatic rings. The Bertz CT molecular complexity index is 851. The second kappa shape index (κ2) is 6.34. The van der Waals surface area contributed by atoms with Crippen LogP contribution >= 0.6 is 0 Å². The maximum atomic E-state index is 10.0. The van der Waals surface area contributed by atoms with Gasteiger partial charge in [-0.05, 0) is 54.5 Å². The fourth-order valence-electron chi connectivity index (χ4n) is 3.30. The Hall–Kier alpha value is -2.84. The molecule has 0 saturated heterocycles. The normalized spacial score (nSPS) is 16.2. The van der Waals surface area contributed by atoms with Gasteiger partial charge in [0.05, 0.1) is 0 Å². The summed E-state index contributed by atoms with van der Waals surface area (Å²) in [6.45, 7) is 3.72. The van der Waals surface area contributed by atoms with E-state index in [-0.39, 0.29) is 17.6 Å². The Morgan fingerprint density at radius 3 is 2.96 bits per heavy atom. The second-order valence-electron chi connectivity index (χ2n) is 6.12. The number of aromatic hydroxyl groups is 1. The Morgan fingerprint density at radius 1 is 1.46 bits per heavy atom. The molecule has 0 fully saturated rings. The summed E-state index contributed by atoms with van der Waals surface area (Å²) < 4.78 is 0. The molecule has 1 aliphatic carbocycles. The van der Waals surface area contributed by atoms with Gasteiger partial charge in [0, 0.05) is 17.3 Å². The Labute approximate surface area is 141 Å². The van der Waals surface area contributed by atoms with Crippen LogP contribution in [0.3, 0.4) is 0 Å². The summed E-state index contributed by atoms with van der Waals surface area (Å²) in [7, 11) is 0. The van der Waals surface area contributed by atoms with Crippen LogP contribution in [0.2, 0.25) is 0 Å². The van der Waals surface area contributed by atoms with Crippen LogP contribution in [-0.2, 0) is 19.3 Å². The first kappa shape index (κ1) is 16.0. The molecule has 0 radical (unpaired) electrons. The van der Waals surface area contributed by atoms with Crippen molar-refractivity contribution >= 4 is 5.82 Å². The van der Waals surface area contributed by atoms with E-state index >= 15 is 0 Å². The predicted molar refractivity (Wildman–Crippen MR) is 94.4 cm³/mol. The maximum absolute atomic E-state index is 10.0. The number of fused-ring (bicyclic) bond motifs is 1. The SMILES string of the molecule is C=CCc1cc(-c2c(C#N)c(N)nc3c2C[C@@H](N)CC3)ccc1O. The van der Waals surface area contributed by atoms with E-state index in [0.29, 0.717) is 18.4 Å². The summed E-state index contributed by atoms with van der Waals surface area (Å²) >= 11 is 0.